The molecule has 15 heavy (non-hydrogen) atoms. The molecule has 0 bridgehead atoms. The second kappa shape index (κ2) is 7.69. The molecule has 0 heterocycles. The van der Waals surface area contributed by atoms with Gasteiger partial charge in [-0.2, -0.15) is 0 Å². The van der Waals surface area contributed by atoms with Gasteiger partial charge in [0.05, 0.1) is 6.54 Å². The van der Waals surface area contributed by atoms with E-state index in [1.54, 1.807) is 0 Å². The minimum Gasteiger partial charge on any atom is -0.344 e. The van der Waals surface area contributed by atoms with Crippen molar-refractivity contribution in [3.05, 3.63) is 0 Å². The molecule has 8 nitrogen and oxygen atoms in total. The van der Waals surface area contributed by atoms with Crippen molar-refractivity contribution in [2.24, 2.45) is 0 Å². The Balaban J connectivity index is -0.000000720. The van der Waals surface area contributed by atoms with Crippen molar-refractivity contribution < 1.29 is 28.7 Å². The van der Waals surface area contributed by atoms with Crippen molar-refractivity contribution in [1.29, 1.82) is 0 Å². The predicted molar refractivity (Wildman–Crippen MR) is 50.8 cm³/mol. The molecule has 0 spiro atoms. The fourth-order valence-electron chi connectivity index (χ4n) is 0.554. The Morgan fingerprint density at radius 3 is 2.13 bits per heavy atom. The largest absolute Gasteiger partial charge is 0.359 e. The molecule has 0 aromatic carbocycles. The maximum atomic E-state index is 12.5. The van der Waals surface area contributed by atoms with Crippen LogP contribution < -0.4 is 12.3 Å². The lowest BCUT2D eigenvalue weighted by Gasteiger charge is -2.14. The van der Waals surface area contributed by atoms with Crippen LogP contribution in [0.4, 0.5) is 4.39 Å². The highest BCUT2D eigenvalue weighted by atomic mass is 31.2. The first kappa shape index (κ1) is 19.9. The molecule has 0 aromatic heterocycles. The number of nitrogens with zero attached hydrogens (tertiary/aromatic N) is 1. The van der Waals surface area contributed by atoms with Gasteiger partial charge in [0.25, 0.3) is 0 Å². The Morgan fingerprint density at radius 1 is 1.47 bits per heavy atom. The van der Waals surface area contributed by atoms with Crippen molar-refractivity contribution in [3.63, 3.8) is 0 Å². The van der Waals surface area contributed by atoms with Crippen LogP contribution in [0.5, 0.6) is 0 Å². The fraction of sp³-hybridized carbons (Fsp3) is 0.800. The van der Waals surface area contributed by atoms with Crippen molar-refractivity contribution in [3.8, 4) is 0 Å². The van der Waals surface area contributed by atoms with E-state index in [2.05, 4.69) is 0 Å². The lowest BCUT2D eigenvalue weighted by Crippen LogP contribution is -2.27. The number of carbonyl (C=O) groups is 1. The molecule has 1 amide bonds. The summed E-state index contributed by atoms with van der Waals surface area (Å²) in [6.45, 7) is 0.604. The summed E-state index contributed by atoms with van der Waals surface area (Å²) in [4.78, 5) is 26.9. The molecule has 0 rings (SSSR count). The Hall–Kier alpha value is -0.570. The molecule has 0 aliphatic carbocycles. The molecule has 1 atom stereocenters. The summed E-state index contributed by atoms with van der Waals surface area (Å²) in [6.07, 6.45) is -0.597. The van der Waals surface area contributed by atoms with Crippen LogP contribution in [0.15, 0.2) is 0 Å². The van der Waals surface area contributed by atoms with E-state index in [1.165, 1.54) is 0 Å². The van der Waals surface area contributed by atoms with E-state index < -0.39 is 32.4 Å². The zero-order valence-electron chi connectivity index (χ0n) is 8.34. The zero-order chi connectivity index (χ0) is 10.6. The number of hydrogen-bond acceptors (Lipinski definition) is 5. The third-order valence-corrected chi connectivity index (χ3v) is 2.30. The molecule has 0 aromatic rings. The number of hydroxylamine groups is 2. The van der Waals surface area contributed by atoms with E-state index in [-0.39, 0.29) is 17.4 Å². The zero-order valence-corrected chi connectivity index (χ0v) is 9.23. The fourth-order valence-corrected chi connectivity index (χ4v) is 1.01. The van der Waals surface area contributed by atoms with Crippen molar-refractivity contribution in [1.82, 2.24) is 17.4 Å². The van der Waals surface area contributed by atoms with Crippen LogP contribution in [-0.2, 0) is 9.36 Å². The average Bonchev–Trinajstić information content (AvgIpc) is 1.97. The van der Waals surface area contributed by atoms with Crippen molar-refractivity contribution >= 4 is 13.5 Å². The molecule has 0 saturated heterocycles. The van der Waals surface area contributed by atoms with E-state index in [0.29, 0.717) is 0 Å². The molecule has 0 aliphatic heterocycles. The van der Waals surface area contributed by atoms with Crippen LogP contribution in [0.25, 0.3) is 0 Å². The molecule has 0 aliphatic rings. The van der Waals surface area contributed by atoms with Crippen molar-refractivity contribution in [2.45, 2.75) is 19.3 Å². The van der Waals surface area contributed by atoms with Gasteiger partial charge in [-0.1, -0.05) is 0 Å². The first-order valence-electron chi connectivity index (χ1n) is 3.41. The lowest BCUT2D eigenvalue weighted by atomic mass is 10.4. The number of rotatable bonds is 4. The second-order valence-electron chi connectivity index (χ2n) is 2.45. The Morgan fingerprint density at radius 2 is 1.87 bits per heavy atom. The topological polar surface area (TPSA) is 168 Å². The SMILES string of the molecule is CC(=O)N(O)CCC(F)P(=O)(O)O.N.N. The Bertz CT molecular complexity index is 235. The minimum absolute atomic E-state index is 0. The van der Waals surface area contributed by atoms with Crippen LogP contribution in [0, 0.1) is 0 Å². The van der Waals surface area contributed by atoms with Crippen LogP contribution in [0.2, 0.25) is 0 Å². The maximum absolute atomic E-state index is 12.5. The monoisotopic (exact) mass is 249 g/mol. The third-order valence-electron chi connectivity index (χ3n) is 1.31. The Labute approximate surface area is 86.4 Å². The van der Waals surface area contributed by atoms with Gasteiger partial charge in [0, 0.05) is 13.3 Å². The maximum Gasteiger partial charge on any atom is 0.359 e. The van der Waals surface area contributed by atoms with E-state index in [9.17, 15) is 13.8 Å². The highest BCUT2D eigenvalue weighted by molar-refractivity contribution is 7.52. The number of hydrogen-bond donors (Lipinski definition) is 5. The molecule has 1 unspecified atom stereocenters. The van der Waals surface area contributed by atoms with E-state index in [1.807, 2.05) is 0 Å². The van der Waals surface area contributed by atoms with Gasteiger partial charge in [-0.15, -0.1) is 0 Å². The van der Waals surface area contributed by atoms with Gasteiger partial charge in [0.1, 0.15) is 0 Å². The van der Waals surface area contributed by atoms with Gasteiger partial charge in [-0.25, -0.2) is 9.45 Å². The molecule has 0 saturated carbocycles. The quantitative estimate of drug-likeness (QED) is 0.273. The molecule has 10 heteroatoms. The van der Waals surface area contributed by atoms with E-state index in [0.717, 1.165) is 6.92 Å². The molecule has 9 N–H and O–H groups in total. The van der Waals surface area contributed by atoms with Gasteiger partial charge in [-0.05, 0) is 0 Å². The summed E-state index contributed by atoms with van der Waals surface area (Å²) in [5, 5.41) is 8.90. The van der Waals surface area contributed by atoms with Crippen molar-refractivity contribution in [2.75, 3.05) is 6.54 Å². The summed E-state index contributed by atoms with van der Waals surface area (Å²) in [5.74, 6) is -3.06. The number of carbonyl (C=O) groups excluding carboxylic acids is 1. The van der Waals surface area contributed by atoms with Gasteiger partial charge in [0.15, 0.2) is 0 Å². The van der Waals surface area contributed by atoms with Crippen LogP contribution in [0.3, 0.4) is 0 Å². The normalized spacial score (nSPS) is 12.1. The summed E-state index contributed by atoms with van der Waals surface area (Å²) < 4.78 is 22.8. The molecule has 94 valence electrons. The van der Waals surface area contributed by atoms with E-state index >= 15 is 0 Å². The van der Waals surface area contributed by atoms with Gasteiger partial charge < -0.3 is 22.1 Å². The predicted octanol–water partition coefficient (Wildman–Crippen LogP) is 0.412. The van der Waals surface area contributed by atoms with Gasteiger partial charge in [0.2, 0.25) is 11.8 Å². The first-order chi connectivity index (χ1) is 5.75. The third kappa shape index (κ3) is 8.43. The standard InChI is InChI=1S/C5H11FNO5P.2H3N/c1-4(8)7(9)3-2-5(6)13(10,11)12;;/h5,9H,2-3H2,1H3,(H2,10,11,12);2*1H3. The average molecular weight is 249 g/mol. The number of amides is 1. The molecule has 0 radical (unpaired) electrons. The van der Waals surface area contributed by atoms with Crippen LogP contribution in [-0.4, -0.2) is 38.4 Å². The molecular weight excluding hydrogens is 232 g/mol. The Kier molecular flexibility index (Phi) is 10.2. The summed E-state index contributed by atoms with van der Waals surface area (Å²) in [5.41, 5.74) is 0. The number of halogens is 1. The molecular formula is C5H17FN3O5P. The summed E-state index contributed by atoms with van der Waals surface area (Å²) in [6, 6.07) is 0. The second-order valence-corrected chi connectivity index (χ2v) is 4.19. The first-order valence-corrected chi connectivity index (χ1v) is 5.09. The van der Waals surface area contributed by atoms with Gasteiger partial charge >= 0.3 is 7.60 Å². The summed E-state index contributed by atoms with van der Waals surface area (Å²) in [7, 11) is -4.76. The van der Waals surface area contributed by atoms with Crippen LogP contribution >= 0.6 is 7.60 Å². The van der Waals surface area contributed by atoms with Crippen LogP contribution in [0.1, 0.15) is 13.3 Å². The highest BCUT2D eigenvalue weighted by Gasteiger charge is 2.28. The lowest BCUT2D eigenvalue weighted by molar-refractivity contribution is -0.163. The summed E-state index contributed by atoms with van der Waals surface area (Å²) >= 11 is 0. The van der Waals surface area contributed by atoms with Gasteiger partial charge in [-0.3, -0.25) is 14.6 Å². The highest BCUT2D eigenvalue weighted by Crippen LogP contribution is 2.43. The van der Waals surface area contributed by atoms with E-state index in [4.69, 9.17) is 15.0 Å². The minimum atomic E-state index is -4.76. The number of alkyl halides is 1. The smallest absolute Gasteiger partial charge is 0.344 e. The molecule has 0 fully saturated rings.